The average molecular weight is 386 g/mol. The maximum Gasteiger partial charge on any atom is 0.336 e. The predicted molar refractivity (Wildman–Crippen MR) is 103 cm³/mol. The van der Waals surface area contributed by atoms with Crippen LogP contribution in [0.1, 0.15) is 15.9 Å². The summed E-state index contributed by atoms with van der Waals surface area (Å²) in [7, 11) is -4.24. The van der Waals surface area contributed by atoms with E-state index >= 15 is 0 Å². The zero-order chi connectivity index (χ0) is 19.6. The topological polar surface area (TPSA) is 141 Å². The maximum atomic E-state index is 12.4. The van der Waals surface area contributed by atoms with E-state index in [1.807, 2.05) is 37.4 Å². The Morgan fingerprint density at radius 2 is 1.93 bits per heavy atom. The molecule has 0 spiro atoms. The van der Waals surface area contributed by atoms with Gasteiger partial charge in [0.15, 0.2) is 11.5 Å². The van der Waals surface area contributed by atoms with E-state index in [1.54, 1.807) is 18.2 Å². The van der Waals surface area contributed by atoms with Crippen LogP contribution in [-0.2, 0) is 14.4 Å². The number of ketones is 1. The second-order valence-electron chi connectivity index (χ2n) is 6.00. The number of fused-ring (bicyclic) bond motifs is 1. The molecule has 0 amide bonds. The van der Waals surface area contributed by atoms with Gasteiger partial charge >= 0.3 is 10.1 Å². The number of nitrogens with two attached hydrogens (primary N) is 2. The molecule has 0 radical (unpaired) electrons. The molecule has 0 saturated heterocycles. The lowest BCUT2D eigenvalue weighted by Crippen LogP contribution is -2.25. The second-order valence-corrected chi connectivity index (χ2v) is 7.55. The Morgan fingerprint density at radius 3 is 2.67 bits per heavy atom. The first kappa shape index (κ1) is 18.5. The molecule has 0 saturated carbocycles. The number of hydrogen-bond donors (Lipinski definition) is 3. The highest BCUT2D eigenvalue weighted by atomic mass is 32.2. The fourth-order valence-corrected chi connectivity index (χ4v) is 3.57. The summed E-state index contributed by atoms with van der Waals surface area (Å²) in [5.74, 6) is -2.05. The second kappa shape index (κ2) is 7.12. The Bertz CT molecular complexity index is 1150. The number of H-pyrrole nitrogens is 1. The molecular weight excluding hydrogens is 368 g/mol. The van der Waals surface area contributed by atoms with Crippen molar-refractivity contribution in [3.8, 4) is 11.1 Å². The normalized spacial score (nSPS) is 11.3. The number of aromatic nitrogens is 1. The van der Waals surface area contributed by atoms with Gasteiger partial charge in [0, 0.05) is 22.7 Å². The van der Waals surface area contributed by atoms with Crippen molar-refractivity contribution in [1.82, 2.24) is 4.98 Å². The molecule has 0 aliphatic heterocycles. The zero-order valence-corrected chi connectivity index (χ0v) is 15.3. The minimum absolute atomic E-state index is 0.245. The van der Waals surface area contributed by atoms with Crippen molar-refractivity contribution in [2.24, 2.45) is 16.6 Å². The summed E-state index contributed by atoms with van der Waals surface area (Å²) in [6.07, 6.45) is 1.91. The molecule has 0 fully saturated rings. The van der Waals surface area contributed by atoms with Crippen molar-refractivity contribution in [3.05, 3.63) is 59.8 Å². The lowest BCUT2D eigenvalue weighted by molar-refractivity contribution is 0.101. The standard InChI is InChI=1S/C18H18N4O4S/c1-11-9-21-15-7-3-6-14(17(11)15)12-4-2-5-13(8-12)16(23)10-27(24,25)26-22-18(19)20/h2-9,21H,10H2,1H3,(H4,19,20,22). The van der Waals surface area contributed by atoms with Crippen molar-refractivity contribution >= 4 is 32.8 Å². The number of nitrogens with zero attached hydrogens (tertiary/aromatic N) is 1. The number of hydrogen-bond acceptors (Lipinski definition) is 5. The van der Waals surface area contributed by atoms with Crippen molar-refractivity contribution in [2.45, 2.75) is 6.92 Å². The van der Waals surface area contributed by atoms with Crippen molar-refractivity contribution in [2.75, 3.05) is 5.75 Å². The number of carbonyl (C=O) groups is 1. The summed E-state index contributed by atoms with van der Waals surface area (Å²) >= 11 is 0. The molecular formula is C18H18N4O4S. The number of benzene rings is 2. The maximum absolute atomic E-state index is 12.4. The Balaban J connectivity index is 1.93. The van der Waals surface area contributed by atoms with Crippen LogP contribution in [0.4, 0.5) is 0 Å². The van der Waals surface area contributed by atoms with Gasteiger partial charge in [0.1, 0.15) is 0 Å². The summed E-state index contributed by atoms with van der Waals surface area (Å²) in [6.45, 7) is 1.99. The van der Waals surface area contributed by atoms with Crippen LogP contribution >= 0.6 is 0 Å². The molecule has 27 heavy (non-hydrogen) atoms. The van der Waals surface area contributed by atoms with Crippen LogP contribution in [0.2, 0.25) is 0 Å². The van der Waals surface area contributed by atoms with Gasteiger partial charge in [-0.05, 0) is 40.9 Å². The van der Waals surface area contributed by atoms with Crippen LogP contribution in [-0.4, -0.2) is 30.9 Å². The van der Waals surface area contributed by atoms with E-state index in [9.17, 15) is 13.2 Å². The summed E-state index contributed by atoms with van der Waals surface area (Å²) < 4.78 is 27.8. The van der Waals surface area contributed by atoms with Gasteiger partial charge in [0.25, 0.3) is 0 Å². The molecule has 0 bridgehead atoms. The number of Topliss-reactive ketones (excluding diaryl/α,β-unsaturated/α-hetero) is 1. The molecule has 8 nitrogen and oxygen atoms in total. The first-order chi connectivity index (χ1) is 12.8. The summed E-state index contributed by atoms with van der Waals surface area (Å²) in [4.78, 5) is 15.6. The Labute approximate surface area is 155 Å². The third kappa shape index (κ3) is 4.09. The third-order valence-corrected chi connectivity index (χ3v) is 4.88. The highest BCUT2D eigenvalue weighted by molar-refractivity contribution is 7.87. The van der Waals surface area contributed by atoms with Crippen LogP contribution in [0.5, 0.6) is 0 Å². The fraction of sp³-hybridized carbons (Fsp3) is 0.111. The van der Waals surface area contributed by atoms with Gasteiger partial charge in [-0.1, -0.05) is 30.3 Å². The highest BCUT2D eigenvalue weighted by Gasteiger charge is 2.20. The van der Waals surface area contributed by atoms with E-state index in [1.165, 1.54) is 0 Å². The monoisotopic (exact) mass is 386 g/mol. The number of aryl methyl sites for hydroxylation is 1. The molecule has 0 aliphatic carbocycles. The number of guanidine groups is 1. The predicted octanol–water partition coefficient (Wildman–Crippen LogP) is 1.86. The molecule has 5 N–H and O–H groups in total. The van der Waals surface area contributed by atoms with Crippen LogP contribution < -0.4 is 11.5 Å². The summed E-state index contributed by atoms with van der Waals surface area (Å²) in [5.41, 5.74) is 14.1. The Kier molecular flexibility index (Phi) is 4.87. The molecule has 0 aliphatic rings. The zero-order valence-electron chi connectivity index (χ0n) is 14.5. The summed E-state index contributed by atoms with van der Waals surface area (Å²) in [6, 6.07) is 12.6. The van der Waals surface area contributed by atoms with E-state index < -0.39 is 27.6 Å². The molecule has 2 aromatic carbocycles. The first-order valence-electron chi connectivity index (χ1n) is 7.97. The van der Waals surface area contributed by atoms with Crippen LogP contribution in [0, 0.1) is 6.92 Å². The number of carbonyl (C=O) groups excluding carboxylic acids is 1. The smallest absolute Gasteiger partial charge is 0.336 e. The van der Waals surface area contributed by atoms with E-state index in [4.69, 9.17) is 11.5 Å². The quantitative estimate of drug-likeness (QED) is 0.256. The molecule has 9 heteroatoms. The van der Waals surface area contributed by atoms with Crippen LogP contribution in [0.25, 0.3) is 22.0 Å². The number of oxime groups is 1. The van der Waals surface area contributed by atoms with E-state index in [2.05, 4.69) is 14.4 Å². The Hall–Kier alpha value is -3.33. The van der Waals surface area contributed by atoms with Crippen molar-refractivity contribution in [1.29, 1.82) is 0 Å². The van der Waals surface area contributed by atoms with E-state index in [0.29, 0.717) is 0 Å². The van der Waals surface area contributed by atoms with Gasteiger partial charge in [0.2, 0.25) is 5.96 Å². The lowest BCUT2D eigenvalue weighted by atomic mass is 9.97. The molecule has 1 aromatic heterocycles. The third-order valence-electron chi connectivity index (χ3n) is 3.96. The van der Waals surface area contributed by atoms with E-state index in [0.717, 1.165) is 27.6 Å². The van der Waals surface area contributed by atoms with Gasteiger partial charge in [-0.2, -0.15) is 8.42 Å². The number of nitrogens with one attached hydrogen (secondary N) is 1. The van der Waals surface area contributed by atoms with Crippen LogP contribution in [0.3, 0.4) is 0 Å². The minimum Gasteiger partial charge on any atom is -0.367 e. The van der Waals surface area contributed by atoms with Crippen molar-refractivity contribution in [3.63, 3.8) is 0 Å². The Morgan fingerprint density at radius 1 is 1.19 bits per heavy atom. The molecule has 0 atom stereocenters. The summed E-state index contributed by atoms with van der Waals surface area (Å²) in [5, 5.41) is 4.02. The SMILES string of the molecule is Cc1c[nH]c2cccc(-c3cccc(C(=O)CS(=O)(=O)ON=C(N)N)c3)c12. The molecule has 3 aromatic rings. The van der Waals surface area contributed by atoms with E-state index in [-0.39, 0.29) is 5.56 Å². The molecule has 1 heterocycles. The van der Waals surface area contributed by atoms with Gasteiger partial charge in [-0.3, -0.25) is 9.08 Å². The molecule has 140 valence electrons. The largest absolute Gasteiger partial charge is 0.367 e. The first-order valence-corrected chi connectivity index (χ1v) is 9.55. The lowest BCUT2D eigenvalue weighted by Gasteiger charge is -2.08. The minimum atomic E-state index is -4.24. The van der Waals surface area contributed by atoms with Gasteiger partial charge in [0.05, 0.1) is 0 Å². The molecule has 3 rings (SSSR count). The van der Waals surface area contributed by atoms with Gasteiger partial charge < -0.3 is 16.5 Å². The highest BCUT2D eigenvalue weighted by Crippen LogP contribution is 2.31. The van der Waals surface area contributed by atoms with Crippen molar-refractivity contribution < 1.29 is 17.5 Å². The number of rotatable bonds is 6. The van der Waals surface area contributed by atoms with Crippen LogP contribution in [0.15, 0.2) is 53.8 Å². The average Bonchev–Trinajstić information content (AvgIpc) is 3.01. The number of aromatic amines is 1. The fourth-order valence-electron chi connectivity index (χ4n) is 2.83. The molecule has 0 unspecified atom stereocenters. The van der Waals surface area contributed by atoms with Gasteiger partial charge in [-0.25, -0.2) is 0 Å². The van der Waals surface area contributed by atoms with Gasteiger partial charge in [-0.15, -0.1) is 0 Å².